The molecule has 0 aromatic heterocycles. The van der Waals surface area contributed by atoms with Crippen molar-refractivity contribution in [2.45, 2.75) is 45.6 Å². The van der Waals surface area contributed by atoms with E-state index in [1.54, 1.807) is 0 Å². The van der Waals surface area contributed by atoms with E-state index in [4.69, 9.17) is 0 Å². The van der Waals surface area contributed by atoms with Crippen molar-refractivity contribution in [2.24, 2.45) is 0 Å². The predicted molar refractivity (Wildman–Crippen MR) is 93.7 cm³/mol. The number of rotatable bonds is 10. The van der Waals surface area contributed by atoms with E-state index in [9.17, 15) is 13.2 Å². The summed E-state index contributed by atoms with van der Waals surface area (Å²) in [5, 5.41) is 2.86. The minimum Gasteiger partial charge on any atom is -0.354 e. The number of aryl methyl sites for hydroxylation is 1. The summed E-state index contributed by atoms with van der Waals surface area (Å²) < 4.78 is 25.1. The van der Waals surface area contributed by atoms with Crippen LogP contribution >= 0.6 is 0 Å². The molecule has 0 saturated heterocycles. The maximum atomic E-state index is 11.9. The molecule has 1 unspecified atom stereocenters. The molecule has 1 amide bonds. The lowest BCUT2D eigenvalue weighted by molar-refractivity contribution is -0.121. The van der Waals surface area contributed by atoms with Crippen molar-refractivity contribution in [3.8, 4) is 0 Å². The van der Waals surface area contributed by atoms with Crippen LogP contribution in [-0.4, -0.2) is 44.0 Å². The second-order valence-corrected chi connectivity index (χ2v) is 7.86. The lowest BCUT2D eigenvalue weighted by Gasteiger charge is -2.20. The van der Waals surface area contributed by atoms with Crippen molar-refractivity contribution in [2.75, 3.05) is 19.3 Å². The molecule has 130 valence electrons. The summed E-state index contributed by atoms with van der Waals surface area (Å²) in [4.78, 5) is 11.8. The number of amides is 1. The van der Waals surface area contributed by atoms with Gasteiger partial charge in [-0.05, 0) is 31.7 Å². The first-order valence-electron chi connectivity index (χ1n) is 8.11. The van der Waals surface area contributed by atoms with Gasteiger partial charge in [0.05, 0.1) is 6.26 Å². The van der Waals surface area contributed by atoms with E-state index in [1.807, 2.05) is 44.2 Å². The third-order valence-corrected chi connectivity index (χ3v) is 5.10. The summed E-state index contributed by atoms with van der Waals surface area (Å²) >= 11 is 0. The van der Waals surface area contributed by atoms with Crippen molar-refractivity contribution >= 4 is 15.9 Å². The number of benzene rings is 1. The van der Waals surface area contributed by atoms with E-state index >= 15 is 0 Å². The standard InChI is InChI=1S/C17H28N2O3S/c1-4-15(2)18-17(20)12-14-19(23(3,21)22)13-8-11-16-9-6-5-7-10-16/h5-7,9-10,15H,4,8,11-14H2,1-3H3,(H,18,20). The molecule has 0 radical (unpaired) electrons. The Kier molecular flexibility index (Phi) is 8.26. The van der Waals surface area contributed by atoms with Crippen molar-refractivity contribution in [3.63, 3.8) is 0 Å². The Bertz CT molecular complexity index is 573. The van der Waals surface area contributed by atoms with Gasteiger partial charge in [0.1, 0.15) is 0 Å². The van der Waals surface area contributed by atoms with Gasteiger partial charge < -0.3 is 5.32 Å². The zero-order valence-electron chi connectivity index (χ0n) is 14.3. The van der Waals surface area contributed by atoms with Crippen LogP contribution in [0, 0.1) is 0 Å². The number of nitrogens with zero attached hydrogens (tertiary/aromatic N) is 1. The van der Waals surface area contributed by atoms with Gasteiger partial charge in [-0.25, -0.2) is 12.7 Å². The molecule has 0 bridgehead atoms. The van der Waals surface area contributed by atoms with Gasteiger partial charge in [-0.15, -0.1) is 0 Å². The highest BCUT2D eigenvalue weighted by molar-refractivity contribution is 7.88. The molecule has 23 heavy (non-hydrogen) atoms. The molecular formula is C17H28N2O3S. The molecule has 0 aliphatic rings. The van der Waals surface area contributed by atoms with Crippen LogP contribution in [0.15, 0.2) is 30.3 Å². The SMILES string of the molecule is CCC(C)NC(=O)CCN(CCCc1ccccc1)S(C)(=O)=O. The predicted octanol–water partition coefficient (Wildman–Crippen LogP) is 2.19. The molecule has 1 N–H and O–H groups in total. The molecule has 1 atom stereocenters. The maximum Gasteiger partial charge on any atom is 0.221 e. The second kappa shape index (κ2) is 9.67. The van der Waals surface area contributed by atoms with E-state index in [2.05, 4.69) is 5.32 Å². The highest BCUT2D eigenvalue weighted by Crippen LogP contribution is 2.07. The number of carbonyl (C=O) groups excluding carboxylic acids is 1. The van der Waals surface area contributed by atoms with Gasteiger partial charge in [-0.2, -0.15) is 0 Å². The fourth-order valence-corrected chi connectivity index (χ4v) is 3.11. The smallest absolute Gasteiger partial charge is 0.221 e. The molecule has 1 aromatic rings. The van der Waals surface area contributed by atoms with Crippen molar-refractivity contribution in [1.29, 1.82) is 0 Å². The Hall–Kier alpha value is -1.40. The van der Waals surface area contributed by atoms with Crippen LogP contribution in [0.25, 0.3) is 0 Å². The van der Waals surface area contributed by atoms with Crippen LogP contribution in [0.1, 0.15) is 38.7 Å². The minimum absolute atomic E-state index is 0.101. The molecule has 1 aromatic carbocycles. The first-order chi connectivity index (χ1) is 10.8. The molecule has 0 aliphatic heterocycles. The van der Waals surface area contributed by atoms with Gasteiger partial charge in [0.25, 0.3) is 0 Å². The zero-order chi connectivity index (χ0) is 17.3. The third-order valence-electron chi connectivity index (χ3n) is 3.79. The monoisotopic (exact) mass is 340 g/mol. The zero-order valence-corrected chi connectivity index (χ0v) is 15.1. The highest BCUT2D eigenvalue weighted by Gasteiger charge is 2.17. The quantitative estimate of drug-likeness (QED) is 0.710. The molecule has 0 spiro atoms. The van der Waals surface area contributed by atoms with E-state index in [-0.39, 0.29) is 24.9 Å². The average molecular weight is 340 g/mol. The highest BCUT2D eigenvalue weighted by atomic mass is 32.2. The van der Waals surface area contributed by atoms with E-state index < -0.39 is 10.0 Å². The number of nitrogens with one attached hydrogen (secondary N) is 1. The normalized spacial score (nSPS) is 13.0. The van der Waals surface area contributed by atoms with E-state index in [0.29, 0.717) is 6.54 Å². The lowest BCUT2D eigenvalue weighted by atomic mass is 10.1. The van der Waals surface area contributed by atoms with Gasteiger partial charge >= 0.3 is 0 Å². The van der Waals surface area contributed by atoms with Crippen LogP contribution in [0.5, 0.6) is 0 Å². The Morgan fingerprint density at radius 3 is 2.43 bits per heavy atom. The van der Waals surface area contributed by atoms with Crippen LogP contribution in [0.4, 0.5) is 0 Å². The molecule has 0 fully saturated rings. The van der Waals surface area contributed by atoms with Crippen LogP contribution in [-0.2, 0) is 21.2 Å². The van der Waals surface area contributed by atoms with Gasteiger partial charge in [0.2, 0.25) is 15.9 Å². The third kappa shape index (κ3) is 8.13. The summed E-state index contributed by atoms with van der Waals surface area (Å²) in [6.07, 6.45) is 3.82. The molecule has 1 rings (SSSR count). The summed E-state index contributed by atoms with van der Waals surface area (Å²) in [7, 11) is -3.30. The fourth-order valence-electron chi connectivity index (χ4n) is 2.22. The number of hydrogen-bond acceptors (Lipinski definition) is 3. The van der Waals surface area contributed by atoms with Gasteiger partial charge in [-0.1, -0.05) is 37.3 Å². The summed E-state index contributed by atoms with van der Waals surface area (Å²) in [6.45, 7) is 4.60. The molecule has 0 saturated carbocycles. The number of hydrogen-bond donors (Lipinski definition) is 1. The molecular weight excluding hydrogens is 312 g/mol. The Labute approximate surface area is 140 Å². The topological polar surface area (TPSA) is 66.5 Å². The van der Waals surface area contributed by atoms with Crippen molar-refractivity contribution < 1.29 is 13.2 Å². The van der Waals surface area contributed by atoms with Crippen LogP contribution < -0.4 is 5.32 Å². The second-order valence-electron chi connectivity index (χ2n) is 5.88. The Morgan fingerprint density at radius 2 is 1.87 bits per heavy atom. The Morgan fingerprint density at radius 1 is 1.22 bits per heavy atom. The largest absolute Gasteiger partial charge is 0.354 e. The molecule has 0 aliphatic carbocycles. The summed E-state index contributed by atoms with van der Waals surface area (Å²) in [5.74, 6) is -0.101. The van der Waals surface area contributed by atoms with Gasteiger partial charge in [0, 0.05) is 25.6 Å². The average Bonchev–Trinajstić information content (AvgIpc) is 2.50. The van der Waals surface area contributed by atoms with Gasteiger partial charge in [-0.3, -0.25) is 4.79 Å². The van der Waals surface area contributed by atoms with E-state index in [1.165, 1.54) is 16.1 Å². The first-order valence-corrected chi connectivity index (χ1v) is 9.96. The minimum atomic E-state index is -3.30. The van der Waals surface area contributed by atoms with E-state index in [0.717, 1.165) is 19.3 Å². The first kappa shape index (κ1) is 19.6. The van der Waals surface area contributed by atoms with Crippen LogP contribution in [0.3, 0.4) is 0 Å². The number of sulfonamides is 1. The number of carbonyl (C=O) groups is 1. The van der Waals surface area contributed by atoms with Crippen LogP contribution in [0.2, 0.25) is 0 Å². The molecule has 5 nitrogen and oxygen atoms in total. The molecule has 0 heterocycles. The summed E-state index contributed by atoms with van der Waals surface area (Å²) in [6, 6.07) is 10.1. The maximum absolute atomic E-state index is 11.9. The summed E-state index contributed by atoms with van der Waals surface area (Å²) in [5.41, 5.74) is 1.19. The van der Waals surface area contributed by atoms with Crippen molar-refractivity contribution in [1.82, 2.24) is 9.62 Å². The lowest BCUT2D eigenvalue weighted by Crippen LogP contribution is -2.37. The van der Waals surface area contributed by atoms with Gasteiger partial charge in [0.15, 0.2) is 0 Å². The Balaban J connectivity index is 2.46. The fraction of sp³-hybridized carbons (Fsp3) is 0.588. The molecule has 6 heteroatoms. The van der Waals surface area contributed by atoms with Crippen molar-refractivity contribution in [3.05, 3.63) is 35.9 Å².